The number of unbranched alkanes of at least 4 members (excludes halogenated alkanes) is 2. The van der Waals surface area contributed by atoms with Gasteiger partial charge in [0.2, 0.25) is 11.8 Å². The number of cyclic esters (lactones) is 1. The van der Waals surface area contributed by atoms with E-state index in [0.717, 1.165) is 25.7 Å². The number of rotatable bonds is 8. The predicted molar refractivity (Wildman–Crippen MR) is 126 cm³/mol. The van der Waals surface area contributed by atoms with Crippen LogP contribution in [-0.2, 0) is 23.9 Å². The topological polar surface area (TPSA) is 96.4 Å². The Morgan fingerprint density at radius 1 is 1.03 bits per heavy atom. The molecule has 2 saturated heterocycles. The number of carbonyl (C=O) groups excluding carboxylic acids is 3. The second kappa shape index (κ2) is 10.2. The number of likely N-dealkylation sites (tertiary alicyclic amines) is 1. The Hall–Kier alpha value is -2.19. The minimum absolute atomic E-state index is 0.0208. The first kappa shape index (κ1) is 24.9. The number of amides is 2. The number of hydrogen-bond acceptors (Lipinski definition) is 6. The summed E-state index contributed by atoms with van der Waals surface area (Å²) in [6.45, 7) is 5.76. The highest BCUT2D eigenvalue weighted by atomic mass is 16.6. The molecule has 2 amide bonds. The van der Waals surface area contributed by atoms with Crippen LogP contribution in [0, 0.1) is 11.8 Å². The largest absolute Gasteiger partial charge is 0.465 e. The van der Waals surface area contributed by atoms with E-state index in [1.807, 2.05) is 31.2 Å². The lowest BCUT2D eigenvalue weighted by atomic mass is 9.73. The molecule has 1 unspecified atom stereocenters. The van der Waals surface area contributed by atoms with Crippen molar-refractivity contribution < 1.29 is 29.0 Å². The van der Waals surface area contributed by atoms with E-state index >= 15 is 0 Å². The number of aliphatic hydroxyl groups is 1. The molecule has 34 heavy (non-hydrogen) atoms. The van der Waals surface area contributed by atoms with Gasteiger partial charge in [-0.05, 0) is 38.5 Å². The van der Waals surface area contributed by atoms with Crippen LogP contribution in [0.2, 0.25) is 0 Å². The average Bonchev–Trinajstić information content (AvgIpc) is 3.20. The van der Waals surface area contributed by atoms with E-state index in [-0.39, 0.29) is 18.4 Å². The van der Waals surface area contributed by atoms with Gasteiger partial charge in [-0.15, -0.1) is 0 Å². The van der Waals surface area contributed by atoms with Crippen LogP contribution in [-0.4, -0.2) is 82.8 Å². The van der Waals surface area contributed by atoms with Gasteiger partial charge in [-0.2, -0.15) is 0 Å². The summed E-state index contributed by atoms with van der Waals surface area (Å²) in [5.41, 5.74) is -2.22. The van der Waals surface area contributed by atoms with Crippen LogP contribution in [0.3, 0.4) is 0 Å². The van der Waals surface area contributed by atoms with Crippen molar-refractivity contribution in [3.63, 3.8) is 0 Å². The molecule has 1 spiro atoms. The zero-order chi connectivity index (χ0) is 24.3. The molecular weight excluding hydrogens is 436 g/mol. The quantitative estimate of drug-likeness (QED) is 0.329. The normalized spacial score (nSPS) is 36.2. The van der Waals surface area contributed by atoms with Gasteiger partial charge in [0.15, 0.2) is 0 Å². The molecule has 0 saturated carbocycles. The predicted octanol–water partition coefficient (Wildman–Crippen LogP) is 2.21. The van der Waals surface area contributed by atoms with Crippen molar-refractivity contribution in [1.29, 1.82) is 0 Å². The lowest BCUT2D eigenvalue weighted by molar-refractivity contribution is -0.161. The Labute approximate surface area is 201 Å². The third-order valence-electron chi connectivity index (χ3n) is 7.81. The van der Waals surface area contributed by atoms with Crippen molar-refractivity contribution in [3.8, 4) is 0 Å². The first-order chi connectivity index (χ1) is 16.5. The second-order valence-corrected chi connectivity index (χ2v) is 9.84. The van der Waals surface area contributed by atoms with Crippen molar-refractivity contribution in [2.45, 2.75) is 76.0 Å². The molecule has 4 aliphatic heterocycles. The summed E-state index contributed by atoms with van der Waals surface area (Å²) in [5.74, 6) is -2.43. The van der Waals surface area contributed by atoms with E-state index in [1.54, 1.807) is 9.80 Å². The standard InChI is InChI=1S/C26H38N2O6/c1-3-5-14-27-15-11-13-26-19(22(30)28(16-8-9-17-29)21(26)23(27)31)20-24(32)33-18-10-6-7-12-25(20,4-2)34-26/h7,11-13,19-21,29H,3-6,8-10,14-18H2,1-2H3/b12-7-/t19-,20-,21?,25+,26-/m0/s1. The zero-order valence-electron chi connectivity index (χ0n) is 20.4. The highest BCUT2D eigenvalue weighted by Crippen LogP contribution is 2.58. The number of carbonyl (C=O) groups is 3. The molecule has 188 valence electrons. The Morgan fingerprint density at radius 3 is 2.59 bits per heavy atom. The molecule has 0 radical (unpaired) electrons. The van der Waals surface area contributed by atoms with Gasteiger partial charge < -0.3 is 24.4 Å². The van der Waals surface area contributed by atoms with Crippen LogP contribution in [0.15, 0.2) is 24.3 Å². The fourth-order valence-corrected chi connectivity index (χ4v) is 6.11. The summed E-state index contributed by atoms with van der Waals surface area (Å²) in [7, 11) is 0. The SMILES string of the molecule is CCCCN1CC=C[C@]23O[C@]4(CC)/C=C\CCCOC(=O)[C@@H]4[C@H]2C(=O)N(CCCCO)C3C1=O. The number of aliphatic hydroxyl groups excluding tert-OH is 1. The molecule has 4 rings (SSSR count). The van der Waals surface area contributed by atoms with Crippen molar-refractivity contribution in [2.24, 2.45) is 11.8 Å². The van der Waals surface area contributed by atoms with E-state index in [0.29, 0.717) is 45.5 Å². The molecule has 8 heteroatoms. The first-order valence-electron chi connectivity index (χ1n) is 12.9. The maximum absolute atomic E-state index is 14.0. The van der Waals surface area contributed by atoms with Gasteiger partial charge in [0.25, 0.3) is 0 Å². The molecule has 8 nitrogen and oxygen atoms in total. The Morgan fingerprint density at radius 2 is 1.85 bits per heavy atom. The van der Waals surface area contributed by atoms with Crippen LogP contribution in [0.4, 0.5) is 0 Å². The number of esters is 1. The first-order valence-corrected chi connectivity index (χ1v) is 12.9. The summed E-state index contributed by atoms with van der Waals surface area (Å²) in [6, 6.07) is -0.834. The molecule has 0 aromatic heterocycles. The molecule has 0 bridgehead atoms. The van der Waals surface area contributed by atoms with Crippen molar-refractivity contribution in [2.75, 3.05) is 32.8 Å². The van der Waals surface area contributed by atoms with Gasteiger partial charge in [-0.25, -0.2) is 0 Å². The van der Waals surface area contributed by atoms with E-state index in [4.69, 9.17) is 9.47 Å². The third-order valence-corrected chi connectivity index (χ3v) is 7.81. The van der Waals surface area contributed by atoms with Gasteiger partial charge >= 0.3 is 5.97 Å². The number of ether oxygens (including phenoxy) is 2. The molecule has 2 fully saturated rings. The summed E-state index contributed by atoms with van der Waals surface area (Å²) >= 11 is 0. The maximum Gasteiger partial charge on any atom is 0.313 e. The van der Waals surface area contributed by atoms with Crippen LogP contribution in [0.5, 0.6) is 0 Å². The lowest BCUT2D eigenvalue weighted by Crippen LogP contribution is -2.56. The van der Waals surface area contributed by atoms with Crippen molar-refractivity contribution >= 4 is 17.8 Å². The van der Waals surface area contributed by atoms with Gasteiger partial charge in [0.1, 0.15) is 23.2 Å². The number of fused-ring (bicyclic) bond motifs is 2. The summed E-state index contributed by atoms with van der Waals surface area (Å²) < 4.78 is 12.5. The Kier molecular flexibility index (Phi) is 7.48. The molecule has 4 heterocycles. The summed E-state index contributed by atoms with van der Waals surface area (Å²) in [6.07, 6.45) is 12.7. The molecule has 0 aromatic carbocycles. The monoisotopic (exact) mass is 474 g/mol. The van der Waals surface area contributed by atoms with Crippen LogP contribution < -0.4 is 0 Å². The lowest BCUT2D eigenvalue weighted by Gasteiger charge is -2.38. The molecule has 5 atom stereocenters. The van der Waals surface area contributed by atoms with Gasteiger partial charge in [-0.1, -0.05) is 44.6 Å². The van der Waals surface area contributed by atoms with Crippen molar-refractivity contribution in [1.82, 2.24) is 9.80 Å². The summed E-state index contributed by atoms with van der Waals surface area (Å²) in [4.78, 5) is 44.8. The Bertz CT molecular complexity index is 856. The highest BCUT2D eigenvalue weighted by molar-refractivity contribution is 5.99. The van der Waals surface area contributed by atoms with Crippen molar-refractivity contribution in [3.05, 3.63) is 24.3 Å². The van der Waals surface area contributed by atoms with Crippen LogP contribution >= 0.6 is 0 Å². The molecule has 1 N–H and O–H groups in total. The molecule has 4 aliphatic rings. The highest BCUT2D eigenvalue weighted by Gasteiger charge is 2.75. The minimum Gasteiger partial charge on any atom is -0.465 e. The van der Waals surface area contributed by atoms with Crippen LogP contribution in [0.1, 0.15) is 58.8 Å². The molecule has 0 aliphatic carbocycles. The van der Waals surface area contributed by atoms with E-state index in [1.165, 1.54) is 0 Å². The third kappa shape index (κ3) is 3.98. The van der Waals surface area contributed by atoms with Gasteiger partial charge in [0, 0.05) is 26.2 Å². The fraction of sp³-hybridized carbons (Fsp3) is 0.731. The average molecular weight is 475 g/mol. The van der Waals surface area contributed by atoms with E-state index in [9.17, 15) is 19.5 Å². The minimum atomic E-state index is -1.22. The molecular formula is C26H38N2O6. The Balaban J connectivity index is 1.82. The number of nitrogens with zero attached hydrogens (tertiary/aromatic N) is 2. The number of allylic oxidation sites excluding steroid dienone is 1. The number of hydrogen-bond donors (Lipinski definition) is 1. The van der Waals surface area contributed by atoms with E-state index < -0.39 is 35.0 Å². The van der Waals surface area contributed by atoms with Crippen LogP contribution in [0.25, 0.3) is 0 Å². The smallest absolute Gasteiger partial charge is 0.313 e. The zero-order valence-corrected chi connectivity index (χ0v) is 20.4. The summed E-state index contributed by atoms with van der Waals surface area (Å²) in [5, 5.41) is 9.29. The van der Waals surface area contributed by atoms with Gasteiger partial charge in [-0.3, -0.25) is 14.4 Å². The van der Waals surface area contributed by atoms with Gasteiger partial charge in [0.05, 0.1) is 12.5 Å². The van der Waals surface area contributed by atoms with E-state index in [2.05, 4.69) is 6.92 Å². The second-order valence-electron chi connectivity index (χ2n) is 9.84. The maximum atomic E-state index is 14.0. The molecule has 0 aromatic rings. The fourth-order valence-electron chi connectivity index (χ4n) is 6.11.